The molecule has 0 spiro atoms. The van der Waals surface area contributed by atoms with Gasteiger partial charge in [0.2, 0.25) is 0 Å². The Morgan fingerprint density at radius 3 is 2.01 bits per heavy atom. The normalized spacial score (nSPS) is 13.5. The Morgan fingerprint density at radius 1 is 0.658 bits per heavy atom. The maximum atomic E-state index is 13.2. The van der Waals surface area contributed by atoms with E-state index in [2.05, 4.69) is 83.6 Å². The molecular formula is C68H61F2IrN4O. The van der Waals surface area contributed by atoms with Crippen molar-refractivity contribution in [2.45, 2.75) is 80.4 Å². The van der Waals surface area contributed by atoms with Gasteiger partial charge in [-0.25, -0.2) is 0 Å². The van der Waals surface area contributed by atoms with Crippen LogP contribution in [0, 0.1) is 49.0 Å². The topological polar surface area (TPSA) is 56.7 Å². The number of pyridine rings is 2. The van der Waals surface area contributed by atoms with E-state index in [1.165, 1.54) is 65.5 Å². The molecule has 0 amide bonds. The summed E-state index contributed by atoms with van der Waals surface area (Å²) in [6.07, 6.45) is 4.66. The van der Waals surface area contributed by atoms with E-state index in [9.17, 15) is 8.78 Å². The van der Waals surface area contributed by atoms with Crippen LogP contribution in [0.25, 0.3) is 83.8 Å². The number of aryl methyl sites for hydroxylation is 2. The molecule has 0 aliphatic heterocycles. The molecule has 0 aliphatic carbocycles. The van der Waals surface area contributed by atoms with E-state index < -0.39 is 25.5 Å². The first-order chi connectivity index (χ1) is 39.7. The number of para-hydroxylation sites is 1. The average molecular weight is 1190 g/mol. The van der Waals surface area contributed by atoms with Crippen molar-refractivity contribution in [1.29, 1.82) is 0 Å². The molecule has 0 saturated heterocycles. The fourth-order valence-corrected chi connectivity index (χ4v) is 8.87. The molecule has 382 valence electrons. The maximum absolute atomic E-state index is 13.2. The molecule has 76 heavy (non-hydrogen) atoms. The van der Waals surface area contributed by atoms with Gasteiger partial charge in [-0.3, -0.25) is 13.8 Å². The van der Waals surface area contributed by atoms with Gasteiger partial charge in [-0.05, 0) is 111 Å². The smallest absolute Gasteiger partial charge is 0.501 e. The number of rotatable bonds is 9. The largest absolute Gasteiger partial charge is 3.00 e. The van der Waals surface area contributed by atoms with Crippen LogP contribution in [0.3, 0.4) is 0 Å². The van der Waals surface area contributed by atoms with Crippen LogP contribution in [-0.4, -0.2) is 19.5 Å². The molecule has 0 aliphatic rings. The molecule has 0 radical (unpaired) electrons. The number of halogens is 2. The van der Waals surface area contributed by atoms with Crippen LogP contribution >= 0.6 is 0 Å². The summed E-state index contributed by atoms with van der Waals surface area (Å²) >= 11 is 0. The second-order valence-electron chi connectivity index (χ2n) is 19.7. The second-order valence-corrected chi connectivity index (χ2v) is 19.7. The van der Waals surface area contributed by atoms with Crippen molar-refractivity contribution < 1.29 is 45.6 Å². The van der Waals surface area contributed by atoms with Crippen LogP contribution < -0.4 is 0 Å². The third kappa shape index (κ3) is 12.5. The predicted octanol–water partition coefficient (Wildman–Crippen LogP) is 18.4. The van der Waals surface area contributed by atoms with E-state index >= 15 is 0 Å². The molecule has 5 nitrogen and oxygen atoms in total. The molecule has 0 unspecified atom stereocenters. The predicted molar refractivity (Wildman–Crippen MR) is 304 cm³/mol. The maximum Gasteiger partial charge on any atom is 3.00 e. The molecule has 0 atom stereocenters. The number of imidazole rings is 1. The van der Waals surface area contributed by atoms with Crippen LogP contribution in [0.4, 0.5) is 8.78 Å². The summed E-state index contributed by atoms with van der Waals surface area (Å²) in [5.74, 6) is 1.00. The minimum absolute atomic E-state index is 0. The molecule has 7 aromatic carbocycles. The van der Waals surface area contributed by atoms with E-state index in [4.69, 9.17) is 16.8 Å². The Kier molecular flexibility index (Phi) is 13.7. The Morgan fingerprint density at radius 2 is 1.37 bits per heavy atom. The minimum Gasteiger partial charge on any atom is -0.501 e. The van der Waals surface area contributed by atoms with Crippen molar-refractivity contribution in [1.82, 2.24) is 19.5 Å². The summed E-state index contributed by atoms with van der Waals surface area (Å²) < 4.78 is 111. The van der Waals surface area contributed by atoms with Gasteiger partial charge < -0.3 is 19.0 Å². The van der Waals surface area contributed by atoms with Gasteiger partial charge in [-0.15, -0.1) is 77.9 Å². The van der Waals surface area contributed by atoms with Gasteiger partial charge in [0.1, 0.15) is 5.58 Å². The van der Waals surface area contributed by atoms with Gasteiger partial charge in [0.05, 0.1) is 12.8 Å². The first-order valence-electron chi connectivity index (χ1n) is 29.2. The van der Waals surface area contributed by atoms with Crippen molar-refractivity contribution in [3.05, 3.63) is 240 Å². The minimum atomic E-state index is -2.79. The summed E-state index contributed by atoms with van der Waals surface area (Å²) in [5, 5.41) is 1.67. The van der Waals surface area contributed by atoms with Crippen molar-refractivity contribution in [2.75, 3.05) is 0 Å². The number of nitrogens with zero attached hydrogens (tertiary/aromatic N) is 4. The fourth-order valence-electron chi connectivity index (χ4n) is 8.87. The van der Waals surface area contributed by atoms with Gasteiger partial charge in [0, 0.05) is 58.5 Å². The van der Waals surface area contributed by atoms with Crippen LogP contribution in [0.15, 0.2) is 187 Å². The molecule has 0 bridgehead atoms. The summed E-state index contributed by atoms with van der Waals surface area (Å²) in [5.41, 5.74) is 8.46. The number of fused-ring (bicyclic) bond motifs is 3. The molecule has 0 N–H and O–H groups in total. The fraction of sp³-hybridized carbons (Fsp3) is 0.191. The molecule has 4 aromatic heterocycles. The molecule has 8 heteroatoms. The first-order valence-corrected chi connectivity index (χ1v) is 24.7. The zero-order valence-corrected chi connectivity index (χ0v) is 45.6. The zero-order chi connectivity index (χ0) is 60.5. The molecule has 0 fully saturated rings. The van der Waals surface area contributed by atoms with Gasteiger partial charge in [0.15, 0.2) is 0 Å². The SMILES string of the molecule is CC(C)c1cccc(C(C)C)c1-n1ccnc1-c1[c-]cc(F)cc1.Fc1c[c-]c(-c2ccccn2)cc1.[2H]c1cc(C([2H])([2H])C(C)(C)C)cc(C([2H])([2H])[2H])c1-c1cc(-c2[c-]ccc3c2oc2cc(-c4ccccc4)ccc23)ncc1C([2H])([2H])[2H].[Ir+3]. The number of hydrogen-bond donors (Lipinski definition) is 0. The van der Waals surface area contributed by atoms with Crippen molar-refractivity contribution >= 4 is 21.9 Å². The van der Waals surface area contributed by atoms with E-state index in [0.29, 0.717) is 28.6 Å². The quantitative estimate of drug-likeness (QED) is 0.135. The number of hydrogen-bond acceptors (Lipinski definition) is 4. The van der Waals surface area contributed by atoms with Gasteiger partial charge in [0.25, 0.3) is 0 Å². The Bertz CT molecular complexity index is 4080. The summed E-state index contributed by atoms with van der Waals surface area (Å²) in [6, 6.07) is 53.1. The molecule has 11 aromatic rings. The third-order valence-corrected chi connectivity index (χ3v) is 12.4. The Balaban J connectivity index is 0.000000203. The molecule has 11 rings (SSSR count). The van der Waals surface area contributed by atoms with Crippen molar-refractivity contribution in [2.24, 2.45) is 5.41 Å². The number of furan rings is 1. The molecular weight excluding hydrogens is 1120 g/mol. The van der Waals surface area contributed by atoms with Gasteiger partial charge in [-0.2, -0.15) is 0 Å². The van der Waals surface area contributed by atoms with Crippen molar-refractivity contribution in [3.8, 4) is 61.8 Å². The summed E-state index contributed by atoms with van der Waals surface area (Å²) in [4.78, 5) is 13.1. The average Bonchev–Trinajstić information content (AvgIpc) is 1.73. The summed E-state index contributed by atoms with van der Waals surface area (Å²) in [6.45, 7) is 8.39. The van der Waals surface area contributed by atoms with Crippen molar-refractivity contribution in [3.63, 3.8) is 0 Å². The Hall–Kier alpha value is -7.64. The van der Waals surface area contributed by atoms with Crippen LogP contribution in [0.1, 0.15) is 100 Å². The summed E-state index contributed by atoms with van der Waals surface area (Å²) in [7, 11) is 0. The Labute approximate surface area is 472 Å². The molecule has 0 saturated carbocycles. The van der Waals surface area contributed by atoms with E-state index in [1.807, 2.05) is 79.0 Å². The number of benzene rings is 7. The van der Waals surface area contributed by atoms with Crippen LogP contribution in [0.2, 0.25) is 0 Å². The molecule has 4 heterocycles. The van der Waals surface area contributed by atoms with E-state index in [-0.39, 0.29) is 71.3 Å². The van der Waals surface area contributed by atoms with E-state index in [0.717, 1.165) is 44.5 Å². The van der Waals surface area contributed by atoms with Gasteiger partial charge >= 0.3 is 20.1 Å². The monoisotopic (exact) mass is 1190 g/mol. The third-order valence-electron chi connectivity index (χ3n) is 12.4. The van der Waals surface area contributed by atoms with Crippen LogP contribution in [0.5, 0.6) is 0 Å². The standard InChI is InChI=1S/C36H32NO.C21H22FN2.C11H7FN.Ir/c1-23-18-25(21-36(3,4)5)14-16-28(23)32-20-33(37-22-24(32)2)31-13-9-12-30-29-17-15-27(19-34(29)38-35(30)31)26-10-7-6-8-11-26;1-14(2)18-6-5-7-19(15(3)4)20(18)24-13-12-23-21(24)16-8-10-17(22)11-9-16;12-10-6-4-9(5-7-10)11-3-1-2-8-13-11;/h6-12,14-20,22H,21H2,1-5H3;5-8,10-15H,1-4H3;1-4,6-8H;/q3*-1;+3/i1D3,2D3,16D,21D2;;;. The van der Waals surface area contributed by atoms with Crippen LogP contribution in [-0.2, 0) is 26.5 Å². The van der Waals surface area contributed by atoms with Gasteiger partial charge in [-0.1, -0.05) is 156 Å². The first kappa shape index (κ1) is 43.6. The second kappa shape index (κ2) is 23.9. The zero-order valence-electron chi connectivity index (χ0n) is 52.2. The number of aromatic nitrogens is 4. The van der Waals surface area contributed by atoms with E-state index in [1.54, 1.807) is 51.4 Å².